The molecule has 1 unspecified atom stereocenters. The van der Waals surface area contributed by atoms with Crippen molar-refractivity contribution >= 4 is 0 Å². The molecule has 2 heteroatoms. The van der Waals surface area contributed by atoms with Crippen LogP contribution in [0.3, 0.4) is 0 Å². The molecule has 1 saturated heterocycles. The fourth-order valence-electron chi connectivity index (χ4n) is 1.06. The summed E-state index contributed by atoms with van der Waals surface area (Å²) in [5.74, 6) is 0. The van der Waals surface area contributed by atoms with Crippen molar-refractivity contribution in [3.63, 3.8) is 0 Å². The Balaban J connectivity index is 2.62. The monoisotopic (exact) mass is 130 g/mol. The quantitative estimate of drug-likeness (QED) is 0.572. The average Bonchev–Trinajstić information content (AvgIpc) is 1.84. The minimum absolute atomic E-state index is 0.318. The van der Waals surface area contributed by atoms with Gasteiger partial charge in [-0.25, -0.2) is 0 Å². The number of rotatable bonds is 1. The smallest absolute Gasteiger partial charge is 0.116 e. The molecule has 0 aromatic heterocycles. The van der Waals surface area contributed by atoms with Gasteiger partial charge in [-0.05, 0) is 20.3 Å². The van der Waals surface area contributed by atoms with E-state index in [1.165, 1.54) is 0 Å². The molecule has 1 fully saturated rings. The highest BCUT2D eigenvalue weighted by Gasteiger charge is 2.52. The maximum absolute atomic E-state index is 9.62. The van der Waals surface area contributed by atoms with Gasteiger partial charge in [0.25, 0.3) is 0 Å². The molecule has 1 atom stereocenters. The Morgan fingerprint density at radius 2 is 2.11 bits per heavy atom. The first-order valence-electron chi connectivity index (χ1n) is 3.38. The third kappa shape index (κ3) is 0.775. The second-order valence-corrected chi connectivity index (χ2v) is 3.18. The van der Waals surface area contributed by atoms with Crippen molar-refractivity contribution in [3.05, 3.63) is 0 Å². The van der Waals surface area contributed by atoms with E-state index in [2.05, 4.69) is 0 Å². The minimum atomic E-state index is -0.562. The van der Waals surface area contributed by atoms with Gasteiger partial charge >= 0.3 is 0 Å². The van der Waals surface area contributed by atoms with Crippen LogP contribution in [0.2, 0.25) is 0 Å². The van der Waals surface area contributed by atoms with Gasteiger partial charge in [-0.15, -0.1) is 0 Å². The van der Waals surface area contributed by atoms with E-state index in [1.807, 2.05) is 20.8 Å². The van der Waals surface area contributed by atoms with E-state index in [4.69, 9.17) is 4.74 Å². The molecule has 0 aromatic rings. The largest absolute Gasteiger partial charge is 0.384 e. The van der Waals surface area contributed by atoms with Crippen LogP contribution < -0.4 is 0 Å². The van der Waals surface area contributed by atoms with Crippen molar-refractivity contribution in [3.8, 4) is 0 Å². The predicted octanol–water partition coefficient (Wildman–Crippen LogP) is 0.936. The van der Waals surface area contributed by atoms with Gasteiger partial charge in [0.05, 0.1) is 12.2 Å². The summed E-state index contributed by atoms with van der Waals surface area (Å²) in [6.07, 6.45) is 0.778. The number of aliphatic hydroxyl groups is 1. The van der Waals surface area contributed by atoms with Gasteiger partial charge in [0.15, 0.2) is 0 Å². The first-order valence-corrected chi connectivity index (χ1v) is 3.38. The van der Waals surface area contributed by atoms with E-state index in [9.17, 15) is 5.11 Å². The lowest BCUT2D eigenvalue weighted by Crippen LogP contribution is -2.64. The summed E-state index contributed by atoms with van der Waals surface area (Å²) in [6, 6.07) is 0. The normalized spacial score (nSPS) is 40.0. The Morgan fingerprint density at radius 1 is 1.56 bits per heavy atom. The van der Waals surface area contributed by atoms with Crippen molar-refractivity contribution in [1.29, 1.82) is 0 Å². The molecule has 0 bridgehead atoms. The van der Waals surface area contributed by atoms with Crippen molar-refractivity contribution in [1.82, 2.24) is 0 Å². The molecule has 0 aliphatic carbocycles. The van der Waals surface area contributed by atoms with Crippen LogP contribution in [0.25, 0.3) is 0 Å². The van der Waals surface area contributed by atoms with E-state index < -0.39 is 5.60 Å². The van der Waals surface area contributed by atoms with Gasteiger partial charge in [0, 0.05) is 0 Å². The fraction of sp³-hybridized carbons (Fsp3) is 1.00. The average molecular weight is 130 g/mol. The summed E-state index contributed by atoms with van der Waals surface area (Å²) in [5.41, 5.74) is -0.880. The summed E-state index contributed by atoms with van der Waals surface area (Å²) < 4.78 is 5.17. The first kappa shape index (κ1) is 7.03. The molecular formula is C7H14O2. The van der Waals surface area contributed by atoms with Gasteiger partial charge in [-0.3, -0.25) is 0 Å². The highest BCUT2D eigenvalue weighted by molar-refractivity contribution is 5.01. The van der Waals surface area contributed by atoms with Crippen LogP contribution in [-0.2, 0) is 4.74 Å². The molecule has 0 radical (unpaired) electrons. The van der Waals surface area contributed by atoms with E-state index in [1.54, 1.807) is 0 Å². The third-order valence-corrected chi connectivity index (χ3v) is 2.38. The van der Waals surface area contributed by atoms with Crippen LogP contribution in [0.15, 0.2) is 0 Å². The maximum Gasteiger partial charge on any atom is 0.116 e. The second-order valence-electron chi connectivity index (χ2n) is 3.18. The first-order chi connectivity index (χ1) is 4.02. The molecule has 0 aromatic carbocycles. The second kappa shape index (κ2) is 1.70. The molecule has 1 rings (SSSR count). The Bertz CT molecular complexity index is 116. The van der Waals surface area contributed by atoms with Crippen LogP contribution in [0.5, 0.6) is 0 Å². The standard InChI is InChI=1S/C7H14O2/c1-4-7(8)5-9-6(7,2)3/h8H,4-5H2,1-3H3. The van der Waals surface area contributed by atoms with Crippen molar-refractivity contribution in [2.45, 2.75) is 38.4 Å². The number of ether oxygens (including phenoxy) is 1. The highest BCUT2D eigenvalue weighted by atomic mass is 16.6. The molecule has 54 valence electrons. The van der Waals surface area contributed by atoms with Gasteiger partial charge in [0.2, 0.25) is 0 Å². The van der Waals surface area contributed by atoms with E-state index in [-0.39, 0.29) is 5.60 Å². The minimum Gasteiger partial charge on any atom is -0.384 e. The molecule has 0 saturated carbocycles. The molecule has 9 heavy (non-hydrogen) atoms. The number of hydrogen-bond donors (Lipinski definition) is 1. The molecule has 1 heterocycles. The number of hydrogen-bond acceptors (Lipinski definition) is 2. The van der Waals surface area contributed by atoms with Crippen LogP contribution in [0.4, 0.5) is 0 Å². The molecular weight excluding hydrogens is 116 g/mol. The van der Waals surface area contributed by atoms with Crippen molar-refractivity contribution in [2.75, 3.05) is 6.61 Å². The van der Waals surface area contributed by atoms with Crippen LogP contribution in [0.1, 0.15) is 27.2 Å². The highest BCUT2D eigenvalue weighted by Crippen LogP contribution is 2.38. The van der Waals surface area contributed by atoms with Crippen molar-refractivity contribution in [2.24, 2.45) is 0 Å². The summed E-state index contributed by atoms with van der Waals surface area (Å²) in [6.45, 7) is 6.31. The molecule has 1 N–H and O–H groups in total. The van der Waals surface area contributed by atoms with Crippen LogP contribution in [0, 0.1) is 0 Å². The molecule has 2 nitrogen and oxygen atoms in total. The molecule has 0 amide bonds. The lowest BCUT2D eigenvalue weighted by molar-refractivity contribution is -0.289. The van der Waals surface area contributed by atoms with E-state index >= 15 is 0 Å². The Morgan fingerprint density at radius 3 is 2.11 bits per heavy atom. The van der Waals surface area contributed by atoms with Crippen molar-refractivity contribution < 1.29 is 9.84 Å². The van der Waals surface area contributed by atoms with Crippen LogP contribution >= 0.6 is 0 Å². The lowest BCUT2D eigenvalue weighted by atomic mass is 9.79. The summed E-state index contributed by atoms with van der Waals surface area (Å²) in [5, 5.41) is 9.62. The Hall–Kier alpha value is -0.0800. The summed E-state index contributed by atoms with van der Waals surface area (Å²) >= 11 is 0. The maximum atomic E-state index is 9.62. The zero-order valence-corrected chi connectivity index (χ0v) is 6.27. The molecule has 1 aliphatic rings. The third-order valence-electron chi connectivity index (χ3n) is 2.38. The Labute approximate surface area is 55.8 Å². The van der Waals surface area contributed by atoms with Gasteiger partial charge in [0.1, 0.15) is 5.60 Å². The van der Waals surface area contributed by atoms with Gasteiger partial charge in [-0.1, -0.05) is 6.92 Å². The van der Waals surface area contributed by atoms with Gasteiger partial charge in [-0.2, -0.15) is 0 Å². The zero-order valence-electron chi connectivity index (χ0n) is 6.27. The SMILES string of the molecule is CCC1(O)COC1(C)C. The Kier molecular flexibility index (Phi) is 1.33. The molecule has 1 aliphatic heterocycles. The van der Waals surface area contributed by atoms with Gasteiger partial charge < -0.3 is 9.84 Å². The topological polar surface area (TPSA) is 29.5 Å². The van der Waals surface area contributed by atoms with Crippen LogP contribution in [-0.4, -0.2) is 22.9 Å². The van der Waals surface area contributed by atoms with E-state index in [0.717, 1.165) is 6.42 Å². The summed E-state index contributed by atoms with van der Waals surface area (Å²) in [7, 11) is 0. The zero-order chi connectivity index (χ0) is 7.12. The van der Waals surface area contributed by atoms with E-state index in [0.29, 0.717) is 6.61 Å². The summed E-state index contributed by atoms with van der Waals surface area (Å²) in [4.78, 5) is 0. The molecule has 0 spiro atoms. The fourth-order valence-corrected chi connectivity index (χ4v) is 1.06. The lowest BCUT2D eigenvalue weighted by Gasteiger charge is -2.51. The predicted molar refractivity (Wildman–Crippen MR) is 35.3 cm³/mol.